The van der Waals surface area contributed by atoms with Gasteiger partial charge < -0.3 is 9.47 Å². The van der Waals surface area contributed by atoms with Gasteiger partial charge in [-0.3, -0.25) is 15.0 Å². The van der Waals surface area contributed by atoms with Crippen LogP contribution in [0, 0.1) is 20.8 Å². The quantitative estimate of drug-likeness (QED) is 0.777. The van der Waals surface area contributed by atoms with E-state index in [0.29, 0.717) is 23.5 Å². The minimum Gasteiger partial charge on any atom is -0.467 e. The van der Waals surface area contributed by atoms with E-state index in [0.717, 1.165) is 22.3 Å². The fraction of sp³-hybridized carbons (Fsp3) is 0.391. The molecule has 1 aliphatic rings. The largest absolute Gasteiger partial charge is 0.467 e. The molecule has 154 valence electrons. The number of carbonyl (C=O) groups excluding carboxylic acids is 2. The molecule has 0 saturated carbocycles. The van der Waals surface area contributed by atoms with E-state index in [1.165, 1.54) is 5.01 Å². The minimum atomic E-state index is -0.614. The number of fused-ring (bicyclic) bond motifs is 1. The molecule has 0 aromatic heterocycles. The first kappa shape index (κ1) is 20.9. The van der Waals surface area contributed by atoms with Crippen molar-refractivity contribution in [2.75, 3.05) is 6.79 Å². The molecule has 0 radical (unpaired) electrons. The number of hydrogen-bond acceptors (Lipinski definition) is 4. The summed E-state index contributed by atoms with van der Waals surface area (Å²) in [6.45, 7) is 12.0. The van der Waals surface area contributed by atoms with Crippen LogP contribution in [0.5, 0.6) is 5.75 Å². The van der Waals surface area contributed by atoms with Crippen molar-refractivity contribution < 1.29 is 19.1 Å². The monoisotopic (exact) mass is 396 g/mol. The Morgan fingerprint density at radius 2 is 1.69 bits per heavy atom. The van der Waals surface area contributed by atoms with Crippen LogP contribution in [0.2, 0.25) is 0 Å². The zero-order valence-electron chi connectivity index (χ0n) is 17.9. The Morgan fingerprint density at radius 1 is 1.03 bits per heavy atom. The minimum absolute atomic E-state index is 0.165. The van der Waals surface area contributed by atoms with Crippen LogP contribution in [0.3, 0.4) is 0 Å². The number of hydrazine groups is 1. The molecule has 0 atom stereocenters. The van der Waals surface area contributed by atoms with Crippen molar-refractivity contribution in [1.82, 2.24) is 10.4 Å². The molecule has 2 aromatic carbocycles. The van der Waals surface area contributed by atoms with Crippen molar-refractivity contribution in [3.8, 4) is 5.75 Å². The third-order valence-electron chi connectivity index (χ3n) is 4.83. The van der Waals surface area contributed by atoms with E-state index in [2.05, 4.69) is 5.43 Å². The second kappa shape index (κ2) is 7.87. The van der Waals surface area contributed by atoms with Crippen LogP contribution in [0.1, 0.15) is 63.7 Å². The molecule has 2 aromatic rings. The van der Waals surface area contributed by atoms with Gasteiger partial charge in [-0.2, -0.15) is 0 Å². The highest BCUT2D eigenvalue weighted by Gasteiger charge is 2.31. The molecule has 3 rings (SSSR count). The van der Waals surface area contributed by atoms with Gasteiger partial charge in [0.25, 0.3) is 11.8 Å². The Morgan fingerprint density at radius 3 is 2.31 bits per heavy atom. The lowest BCUT2D eigenvalue weighted by atomic mass is 10.0. The van der Waals surface area contributed by atoms with Gasteiger partial charge in [0.1, 0.15) is 5.75 Å². The first-order valence-electron chi connectivity index (χ1n) is 9.65. The number of aryl methyl sites for hydroxylation is 2. The van der Waals surface area contributed by atoms with Crippen LogP contribution in [0.25, 0.3) is 0 Å². The molecule has 1 N–H and O–H groups in total. The average molecular weight is 396 g/mol. The zero-order valence-corrected chi connectivity index (χ0v) is 17.9. The molecular weight excluding hydrogens is 368 g/mol. The Balaban J connectivity index is 1.91. The first-order valence-corrected chi connectivity index (χ1v) is 9.65. The summed E-state index contributed by atoms with van der Waals surface area (Å²) >= 11 is 0. The standard InChI is InChI=1S/C23H28N2O4/c1-14-9-15(2)11-18(10-14)22(27)25(23(4,5)6)24-21(26)19-8-7-17-12-28-13-29-20(17)16(19)3/h7-11H,12-13H2,1-6H3,(H,24,26). The Labute approximate surface area is 171 Å². The lowest BCUT2D eigenvalue weighted by molar-refractivity contribution is -0.0169. The normalized spacial score (nSPS) is 13.3. The summed E-state index contributed by atoms with van der Waals surface area (Å²) in [6, 6.07) is 9.24. The summed E-state index contributed by atoms with van der Waals surface area (Å²) < 4.78 is 10.9. The molecule has 0 aliphatic carbocycles. The maximum absolute atomic E-state index is 13.3. The average Bonchev–Trinajstić information content (AvgIpc) is 2.64. The second-order valence-electron chi connectivity index (χ2n) is 8.47. The molecule has 0 saturated heterocycles. The number of benzene rings is 2. The number of ether oxygens (including phenoxy) is 2. The molecule has 6 heteroatoms. The molecule has 1 aliphatic heterocycles. The summed E-state index contributed by atoms with van der Waals surface area (Å²) in [5, 5.41) is 1.40. The fourth-order valence-corrected chi connectivity index (χ4v) is 3.47. The second-order valence-corrected chi connectivity index (χ2v) is 8.47. The van der Waals surface area contributed by atoms with Gasteiger partial charge >= 0.3 is 0 Å². The molecule has 0 fully saturated rings. The van der Waals surface area contributed by atoms with E-state index in [-0.39, 0.29) is 18.6 Å². The Hall–Kier alpha value is -2.86. The van der Waals surface area contributed by atoms with Gasteiger partial charge in [-0.25, -0.2) is 5.01 Å². The van der Waals surface area contributed by atoms with Crippen LogP contribution < -0.4 is 10.2 Å². The number of rotatable bonds is 2. The van der Waals surface area contributed by atoms with Crippen molar-refractivity contribution in [2.45, 2.75) is 53.7 Å². The number of nitrogens with zero attached hydrogens (tertiary/aromatic N) is 1. The maximum atomic E-state index is 13.3. The maximum Gasteiger partial charge on any atom is 0.272 e. The van der Waals surface area contributed by atoms with E-state index >= 15 is 0 Å². The Bertz CT molecular complexity index is 940. The summed E-state index contributed by atoms with van der Waals surface area (Å²) in [7, 11) is 0. The molecule has 6 nitrogen and oxygen atoms in total. The summed E-state index contributed by atoms with van der Waals surface area (Å²) in [5.74, 6) is 0.0674. The third-order valence-corrected chi connectivity index (χ3v) is 4.83. The molecule has 0 spiro atoms. The Kier molecular flexibility index (Phi) is 5.66. The van der Waals surface area contributed by atoms with E-state index < -0.39 is 5.54 Å². The topological polar surface area (TPSA) is 67.9 Å². The van der Waals surface area contributed by atoms with Crippen molar-refractivity contribution in [2.24, 2.45) is 0 Å². The predicted octanol–water partition coefficient (Wildman–Crippen LogP) is 4.06. The van der Waals surface area contributed by atoms with Crippen molar-refractivity contribution >= 4 is 11.8 Å². The van der Waals surface area contributed by atoms with Crippen molar-refractivity contribution in [3.63, 3.8) is 0 Å². The van der Waals surface area contributed by atoms with E-state index in [4.69, 9.17) is 9.47 Å². The van der Waals surface area contributed by atoms with Gasteiger partial charge in [0.05, 0.1) is 12.1 Å². The van der Waals surface area contributed by atoms with E-state index in [1.807, 2.05) is 65.8 Å². The lowest BCUT2D eigenvalue weighted by Crippen LogP contribution is -2.56. The molecular formula is C23H28N2O4. The molecule has 0 unspecified atom stereocenters. The molecule has 0 bridgehead atoms. The summed E-state index contributed by atoms with van der Waals surface area (Å²) in [6.07, 6.45) is 0. The smallest absolute Gasteiger partial charge is 0.272 e. The van der Waals surface area contributed by atoms with Crippen LogP contribution >= 0.6 is 0 Å². The van der Waals surface area contributed by atoms with Gasteiger partial charge in [-0.15, -0.1) is 0 Å². The highest BCUT2D eigenvalue weighted by molar-refractivity contribution is 6.00. The van der Waals surface area contributed by atoms with Crippen LogP contribution in [-0.4, -0.2) is 29.2 Å². The summed E-state index contributed by atoms with van der Waals surface area (Å²) in [4.78, 5) is 26.3. The van der Waals surface area contributed by atoms with Gasteiger partial charge in [0.2, 0.25) is 0 Å². The molecule has 2 amide bonds. The lowest BCUT2D eigenvalue weighted by Gasteiger charge is -2.36. The highest BCUT2D eigenvalue weighted by atomic mass is 16.7. The predicted molar refractivity (Wildman–Crippen MR) is 111 cm³/mol. The number of carbonyl (C=O) groups is 2. The number of hydrogen-bond donors (Lipinski definition) is 1. The summed E-state index contributed by atoms with van der Waals surface area (Å²) in [5.41, 5.74) is 6.85. The highest BCUT2D eigenvalue weighted by Crippen LogP contribution is 2.30. The van der Waals surface area contributed by atoms with Gasteiger partial charge in [-0.05, 0) is 59.7 Å². The fourth-order valence-electron chi connectivity index (χ4n) is 3.47. The van der Waals surface area contributed by atoms with E-state index in [1.54, 1.807) is 6.07 Å². The number of amides is 2. The zero-order chi connectivity index (χ0) is 21.3. The van der Waals surface area contributed by atoms with Crippen LogP contribution in [-0.2, 0) is 11.3 Å². The van der Waals surface area contributed by atoms with E-state index in [9.17, 15) is 9.59 Å². The van der Waals surface area contributed by atoms with Gasteiger partial charge in [0.15, 0.2) is 6.79 Å². The third kappa shape index (κ3) is 4.43. The van der Waals surface area contributed by atoms with Gasteiger partial charge in [0, 0.05) is 22.3 Å². The number of nitrogens with one attached hydrogen (secondary N) is 1. The van der Waals surface area contributed by atoms with Crippen LogP contribution in [0.4, 0.5) is 0 Å². The van der Waals surface area contributed by atoms with Crippen molar-refractivity contribution in [1.29, 1.82) is 0 Å². The SMILES string of the molecule is Cc1cc(C)cc(C(=O)N(NC(=O)c2ccc3c(c2C)OCOC3)C(C)(C)C)c1. The molecule has 29 heavy (non-hydrogen) atoms. The van der Waals surface area contributed by atoms with Crippen molar-refractivity contribution in [3.05, 3.63) is 63.7 Å². The van der Waals surface area contributed by atoms with Gasteiger partial charge in [-0.1, -0.05) is 23.3 Å². The first-order chi connectivity index (χ1) is 13.6. The van der Waals surface area contributed by atoms with Crippen LogP contribution in [0.15, 0.2) is 30.3 Å². The molecule has 1 heterocycles.